The van der Waals surface area contributed by atoms with Crippen molar-refractivity contribution in [3.8, 4) is 22.3 Å². The Kier molecular flexibility index (Phi) is 9.40. The molecule has 6 rings (SSSR count). The molecule has 0 nitrogen and oxygen atoms in total. The Hall–Kier alpha value is -2.32. The quantitative estimate of drug-likeness (QED) is 0.183. The second-order valence-electron chi connectivity index (χ2n) is 11.2. The summed E-state index contributed by atoms with van der Waals surface area (Å²) in [5.41, 5.74) is 17.0. The topological polar surface area (TPSA) is 0 Å². The molecular formula is C37H38Cl2Hf. The predicted octanol–water partition coefficient (Wildman–Crippen LogP) is 10.8. The number of halogens is 2. The first-order chi connectivity index (χ1) is 18.4. The van der Waals surface area contributed by atoms with Crippen LogP contribution in [0.2, 0.25) is 0 Å². The van der Waals surface area contributed by atoms with E-state index in [1.54, 1.807) is 14.4 Å². The zero-order valence-corrected chi connectivity index (χ0v) is 29.4. The molecule has 0 spiro atoms. The largest absolute Gasteiger partial charge is 0.147 e. The van der Waals surface area contributed by atoms with Gasteiger partial charge in [0.25, 0.3) is 0 Å². The van der Waals surface area contributed by atoms with Crippen LogP contribution in [0.3, 0.4) is 0 Å². The van der Waals surface area contributed by atoms with Crippen LogP contribution in [0.1, 0.15) is 65.7 Å². The fraction of sp³-hybridized carbons (Fsp3) is 0.216. The van der Waals surface area contributed by atoms with Gasteiger partial charge in [0, 0.05) is 0 Å². The first kappa shape index (κ1) is 30.6. The van der Waals surface area contributed by atoms with Gasteiger partial charge in [-0.15, -0.1) is 24.8 Å². The SMILES string of the molecule is C[C](C)=[Hf]([CH]1C=Cc2c(-c3cccc(C)c3C)cccc21)[CH]1C=Cc2c(-c3cccc(C)c3C)cccc21.Cl.Cl. The average Bonchev–Trinajstić information content (AvgIpc) is 3.53. The summed E-state index contributed by atoms with van der Waals surface area (Å²) in [4.78, 5) is 0. The molecule has 2 atom stereocenters. The van der Waals surface area contributed by atoms with Gasteiger partial charge in [-0.25, -0.2) is 0 Å². The van der Waals surface area contributed by atoms with Crippen molar-refractivity contribution in [3.05, 3.63) is 129 Å². The van der Waals surface area contributed by atoms with E-state index in [-0.39, 0.29) is 24.8 Å². The molecule has 2 aliphatic rings. The molecule has 0 amide bonds. The molecule has 0 radical (unpaired) electrons. The molecule has 0 saturated heterocycles. The van der Waals surface area contributed by atoms with Crippen molar-refractivity contribution in [2.45, 2.75) is 48.9 Å². The van der Waals surface area contributed by atoms with Gasteiger partial charge in [0.15, 0.2) is 0 Å². The molecule has 0 aliphatic heterocycles. The molecule has 0 N–H and O–H groups in total. The van der Waals surface area contributed by atoms with E-state index >= 15 is 0 Å². The van der Waals surface area contributed by atoms with Crippen molar-refractivity contribution >= 4 is 40.2 Å². The maximum Gasteiger partial charge on any atom is -0.147 e. The molecule has 0 bridgehead atoms. The van der Waals surface area contributed by atoms with E-state index in [0.29, 0.717) is 7.35 Å². The van der Waals surface area contributed by atoms with Crippen LogP contribution in [0.15, 0.2) is 84.9 Å². The molecule has 0 heterocycles. The zero-order chi connectivity index (χ0) is 26.6. The van der Waals surface area contributed by atoms with Crippen molar-refractivity contribution in [1.82, 2.24) is 0 Å². The Morgan fingerprint density at radius 2 is 0.900 bits per heavy atom. The third-order valence-electron chi connectivity index (χ3n) is 8.90. The molecule has 0 aromatic heterocycles. The maximum atomic E-state index is 2.56. The maximum absolute atomic E-state index is 2.56. The van der Waals surface area contributed by atoms with E-state index in [1.165, 1.54) is 55.6 Å². The van der Waals surface area contributed by atoms with Gasteiger partial charge >= 0.3 is 237 Å². The summed E-state index contributed by atoms with van der Waals surface area (Å²) in [5, 5.41) is 0. The standard InChI is InChI=1S/2C17H15.C3H6.2ClH.Hf/c2*1-12-6-3-9-15(13(12)2)17-11-5-8-14-7-4-10-16(14)17;1-3-2;;;/h2*3-11H,1-2H3;1-2H3;2*1H;. The minimum absolute atomic E-state index is 0. The Morgan fingerprint density at radius 1 is 0.525 bits per heavy atom. The van der Waals surface area contributed by atoms with Crippen molar-refractivity contribution < 1.29 is 21.0 Å². The molecule has 40 heavy (non-hydrogen) atoms. The molecule has 2 aliphatic carbocycles. The number of aryl methyl sites for hydroxylation is 2. The summed E-state index contributed by atoms with van der Waals surface area (Å²) in [6, 6.07) is 27.5. The van der Waals surface area contributed by atoms with E-state index in [2.05, 4.69) is 139 Å². The minimum atomic E-state index is -2.39. The van der Waals surface area contributed by atoms with Gasteiger partial charge in [0.1, 0.15) is 0 Å². The van der Waals surface area contributed by atoms with Crippen LogP contribution in [-0.4, -0.2) is 3.26 Å². The van der Waals surface area contributed by atoms with Crippen molar-refractivity contribution in [2.75, 3.05) is 0 Å². The molecule has 4 aromatic rings. The van der Waals surface area contributed by atoms with Gasteiger partial charge in [-0.3, -0.25) is 0 Å². The Balaban J connectivity index is 0.00000185. The predicted molar refractivity (Wildman–Crippen MR) is 177 cm³/mol. The van der Waals surface area contributed by atoms with Gasteiger partial charge in [-0.05, 0) is 0 Å². The van der Waals surface area contributed by atoms with Crippen LogP contribution in [-0.2, 0) is 21.0 Å². The number of benzene rings is 4. The van der Waals surface area contributed by atoms with Crippen LogP contribution >= 0.6 is 24.8 Å². The monoisotopic (exact) mass is 732 g/mol. The van der Waals surface area contributed by atoms with Crippen LogP contribution in [0.5, 0.6) is 0 Å². The molecule has 204 valence electrons. The smallest absolute Gasteiger partial charge is 0.147 e. The summed E-state index contributed by atoms with van der Waals surface area (Å²) in [5.74, 6) is 0. The Bertz CT molecular complexity index is 1570. The first-order valence-electron chi connectivity index (χ1n) is 13.8. The van der Waals surface area contributed by atoms with Crippen molar-refractivity contribution in [3.63, 3.8) is 0 Å². The van der Waals surface area contributed by atoms with E-state index in [1.807, 2.05) is 0 Å². The van der Waals surface area contributed by atoms with E-state index in [9.17, 15) is 0 Å². The second kappa shape index (κ2) is 12.3. The number of hydrogen-bond acceptors (Lipinski definition) is 0. The second-order valence-corrected chi connectivity index (χ2v) is 22.6. The summed E-state index contributed by atoms with van der Waals surface area (Å²) < 4.78 is 2.86. The Labute approximate surface area is 260 Å². The zero-order valence-electron chi connectivity index (χ0n) is 24.2. The number of rotatable bonds is 4. The fourth-order valence-electron chi connectivity index (χ4n) is 6.59. The number of hydrogen-bond donors (Lipinski definition) is 0. The molecule has 3 heteroatoms. The number of allylic oxidation sites excluding steroid dienone is 2. The van der Waals surface area contributed by atoms with Crippen LogP contribution in [0.4, 0.5) is 0 Å². The van der Waals surface area contributed by atoms with Crippen molar-refractivity contribution in [2.24, 2.45) is 0 Å². The summed E-state index contributed by atoms with van der Waals surface area (Å²) in [6.45, 7) is 13.8. The van der Waals surface area contributed by atoms with Crippen LogP contribution < -0.4 is 0 Å². The number of fused-ring (bicyclic) bond motifs is 2. The summed E-state index contributed by atoms with van der Waals surface area (Å²) in [6.07, 6.45) is 10.0. The van der Waals surface area contributed by atoms with Gasteiger partial charge in [-0.1, -0.05) is 0 Å². The van der Waals surface area contributed by atoms with Gasteiger partial charge in [0.2, 0.25) is 0 Å². The molecule has 4 aromatic carbocycles. The molecule has 0 fully saturated rings. The molecule has 2 unspecified atom stereocenters. The van der Waals surface area contributed by atoms with Gasteiger partial charge < -0.3 is 0 Å². The summed E-state index contributed by atoms with van der Waals surface area (Å²) >= 11 is -2.39. The third-order valence-corrected chi connectivity index (χ3v) is 21.5. The van der Waals surface area contributed by atoms with Gasteiger partial charge in [-0.2, -0.15) is 0 Å². The molecular weight excluding hydrogens is 694 g/mol. The first-order valence-corrected chi connectivity index (χ1v) is 19.7. The fourth-order valence-corrected chi connectivity index (χ4v) is 18.8. The van der Waals surface area contributed by atoms with Gasteiger partial charge in [0.05, 0.1) is 0 Å². The third kappa shape index (κ3) is 5.11. The molecule has 0 saturated carbocycles. The van der Waals surface area contributed by atoms with Crippen LogP contribution in [0, 0.1) is 27.7 Å². The van der Waals surface area contributed by atoms with E-state index in [0.717, 1.165) is 0 Å². The van der Waals surface area contributed by atoms with E-state index in [4.69, 9.17) is 0 Å². The Morgan fingerprint density at radius 3 is 1.30 bits per heavy atom. The average molecular weight is 732 g/mol. The van der Waals surface area contributed by atoms with Crippen molar-refractivity contribution in [1.29, 1.82) is 0 Å². The van der Waals surface area contributed by atoms with Crippen LogP contribution in [0.25, 0.3) is 34.4 Å². The minimum Gasteiger partial charge on any atom is -0.147 e. The summed E-state index contributed by atoms with van der Waals surface area (Å²) in [7, 11) is 0. The normalized spacial score (nSPS) is 16.1. The van der Waals surface area contributed by atoms with E-state index < -0.39 is 21.0 Å².